The maximum Gasteiger partial charge on any atom is 0.233 e. The van der Waals surface area contributed by atoms with E-state index in [1.165, 1.54) is 0 Å². The molecule has 1 aromatic carbocycles. The monoisotopic (exact) mass is 311 g/mol. The zero-order chi connectivity index (χ0) is 14.5. The third kappa shape index (κ3) is 3.60. The second-order valence-electron chi connectivity index (χ2n) is 4.29. The van der Waals surface area contributed by atoms with Crippen molar-refractivity contribution in [2.24, 2.45) is 0 Å². The largest absolute Gasteiger partial charge is 0.480 e. The Morgan fingerprint density at radius 3 is 2.50 bits per heavy atom. The van der Waals surface area contributed by atoms with Crippen LogP contribution in [0.25, 0.3) is 0 Å². The summed E-state index contributed by atoms with van der Waals surface area (Å²) in [5.41, 5.74) is 1.93. The predicted octanol–water partition coefficient (Wildman–Crippen LogP) is 3.30. The maximum atomic E-state index is 6.03. The second kappa shape index (κ2) is 6.88. The summed E-state index contributed by atoms with van der Waals surface area (Å²) in [5.74, 6) is 0.498. The van der Waals surface area contributed by atoms with Crippen LogP contribution < -0.4 is 10.1 Å². The molecule has 0 bridgehead atoms. The summed E-state index contributed by atoms with van der Waals surface area (Å²) in [6.45, 7) is 0. The summed E-state index contributed by atoms with van der Waals surface area (Å²) >= 11 is 11.9. The van der Waals surface area contributed by atoms with Crippen LogP contribution in [0.2, 0.25) is 10.0 Å². The molecule has 4 nitrogen and oxygen atoms in total. The fourth-order valence-corrected chi connectivity index (χ4v) is 2.20. The summed E-state index contributed by atoms with van der Waals surface area (Å²) in [5, 5.41) is 12.5. The van der Waals surface area contributed by atoms with E-state index in [4.69, 9.17) is 27.9 Å². The van der Waals surface area contributed by atoms with Gasteiger partial charge in [0.2, 0.25) is 5.88 Å². The zero-order valence-corrected chi connectivity index (χ0v) is 12.7. The molecule has 0 aliphatic heterocycles. The molecule has 0 aliphatic carbocycles. The van der Waals surface area contributed by atoms with E-state index in [9.17, 15) is 0 Å². The number of likely N-dealkylation sites (N-methyl/N-ethyl adjacent to an activating group) is 1. The normalized spacial score (nSPS) is 12.2. The Morgan fingerprint density at radius 2 is 1.95 bits per heavy atom. The molecule has 106 valence electrons. The lowest BCUT2D eigenvalue weighted by Gasteiger charge is -2.15. The van der Waals surface area contributed by atoms with Gasteiger partial charge in [-0.05, 0) is 37.2 Å². The minimum Gasteiger partial charge on any atom is -0.480 e. The van der Waals surface area contributed by atoms with Crippen molar-refractivity contribution >= 4 is 23.2 Å². The third-order valence-electron chi connectivity index (χ3n) is 3.00. The van der Waals surface area contributed by atoms with Crippen LogP contribution in [0.15, 0.2) is 30.3 Å². The molecule has 20 heavy (non-hydrogen) atoms. The molecule has 2 aromatic rings. The van der Waals surface area contributed by atoms with Gasteiger partial charge in [-0.25, -0.2) is 0 Å². The molecule has 2 rings (SSSR count). The third-order valence-corrected chi connectivity index (χ3v) is 3.74. The van der Waals surface area contributed by atoms with E-state index in [1.807, 2.05) is 25.2 Å². The van der Waals surface area contributed by atoms with Crippen molar-refractivity contribution in [2.75, 3.05) is 14.2 Å². The number of rotatable bonds is 5. The van der Waals surface area contributed by atoms with Crippen LogP contribution in [0.3, 0.4) is 0 Å². The quantitative estimate of drug-likeness (QED) is 0.920. The van der Waals surface area contributed by atoms with Gasteiger partial charge in [-0.3, -0.25) is 0 Å². The van der Waals surface area contributed by atoms with Gasteiger partial charge >= 0.3 is 0 Å². The fourth-order valence-electron chi connectivity index (χ4n) is 1.88. The Balaban J connectivity index is 2.16. The fraction of sp³-hybridized carbons (Fsp3) is 0.286. The van der Waals surface area contributed by atoms with E-state index in [0.29, 0.717) is 15.9 Å². The van der Waals surface area contributed by atoms with E-state index in [-0.39, 0.29) is 6.04 Å². The predicted molar refractivity (Wildman–Crippen MR) is 80.6 cm³/mol. The van der Waals surface area contributed by atoms with Gasteiger partial charge in [-0.2, -0.15) is 5.10 Å². The Morgan fingerprint density at radius 1 is 1.15 bits per heavy atom. The van der Waals surface area contributed by atoms with E-state index >= 15 is 0 Å². The van der Waals surface area contributed by atoms with Gasteiger partial charge < -0.3 is 10.1 Å². The Hall–Kier alpha value is -1.36. The number of ether oxygens (including phenoxy) is 1. The molecule has 1 heterocycles. The van der Waals surface area contributed by atoms with Crippen LogP contribution >= 0.6 is 23.2 Å². The molecule has 0 saturated heterocycles. The molecule has 0 saturated carbocycles. The first-order valence-electron chi connectivity index (χ1n) is 6.13. The molecule has 0 amide bonds. The number of methoxy groups -OCH3 is 1. The summed E-state index contributed by atoms with van der Waals surface area (Å²) in [6.07, 6.45) is 0.744. The highest BCUT2D eigenvalue weighted by Gasteiger charge is 2.13. The van der Waals surface area contributed by atoms with Gasteiger partial charge in [0.25, 0.3) is 0 Å². The number of hydrogen-bond acceptors (Lipinski definition) is 4. The van der Waals surface area contributed by atoms with Crippen molar-refractivity contribution < 1.29 is 4.74 Å². The minimum absolute atomic E-state index is 0.0469. The van der Waals surface area contributed by atoms with Crippen LogP contribution in [-0.2, 0) is 6.42 Å². The van der Waals surface area contributed by atoms with Gasteiger partial charge in [0.1, 0.15) is 0 Å². The second-order valence-corrected chi connectivity index (χ2v) is 5.11. The molecular formula is C14H15Cl2N3O. The summed E-state index contributed by atoms with van der Waals surface area (Å²) in [6, 6.07) is 9.35. The summed E-state index contributed by atoms with van der Waals surface area (Å²) in [7, 11) is 3.45. The van der Waals surface area contributed by atoms with E-state index in [1.54, 1.807) is 19.2 Å². The van der Waals surface area contributed by atoms with E-state index in [2.05, 4.69) is 15.5 Å². The van der Waals surface area contributed by atoms with Crippen molar-refractivity contribution in [3.05, 3.63) is 51.6 Å². The highest BCUT2D eigenvalue weighted by Crippen LogP contribution is 2.25. The highest BCUT2D eigenvalue weighted by atomic mass is 35.5. The van der Waals surface area contributed by atoms with Gasteiger partial charge in [0, 0.05) is 6.07 Å². The van der Waals surface area contributed by atoms with Crippen molar-refractivity contribution in [1.82, 2.24) is 15.5 Å². The molecule has 0 radical (unpaired) electrons. The highest BCUT2D eigenvalue weighted by molar-refractivity contribution is 6.42. The van der Waals surface area contributed by atoms with Crippen LogP contribution in [0, 0.1) is 0 Å². The molecule has 1 unspecified atom stereocenters. The summed E-state index contributed by atoms with van der Waals surface area (Å²) in [4.78, 5) is 0. The number of hydrogen-bond donors (Lipinski definition) is 1. The van der Waals surface area contributed by atoms with Gasteiger partial charge in [-0.1, -0.05) is 29.3 Å². The lowest BCUT2D eigenvalue weighted by molar-refractivity contribution is 0.389. The van der Waals surface area contributed by atoms with Crippen LogP contribution in [0.1, 0.15) is 17.3 Å². The average molecular weight is 312 g/mol. The van der Waals surface area contributed by atoms with Crippen LogP contribution in [0.4, 0.5) is 0 Å². The average Bonchev–Trinajstić information content (AvgIpc) is 2.48. The van der Waals surface area contributed by atoms with Gasteiger partial charge in [-0.15, -0.1) is 5.10 Å². The molecule has 1 atom stereocenters. The lowest BCUT2D eigenvalue weighted by Crippen LogP contribution is -2.20. The molecule has 0 aliphatic rings. The zero-order valence-electron chi connectivity index (χ0n) is 11.2. The van der Waals surface area contributed by atoms with Gasteiger partial charge in [0.15, 0.2) is 0 Å². The molecule has 1 N–H and O–H groups in total. The first kappa shape index (κ1) is 15.0. The molecule has 1 aromatic heterocycles. The Bertz CT molecular complexity index is 575. The first-order chi connectivity index (χ1) is 9.63. The Labute approximate surface area is 128 Å². The molecule has 0 fully saturated rings. The molecular weight excluding hydrogens is 297 g/mol. The SMILES string of the molecule is CNC(Cc1ccc(Cl)c(Cl)c1)c1ccc(OC)nn1. The van der Waals surface area contributed by atoms with Crippen LogP contribution in [-0.4, -0.2) is 24.4 Å². The number of halogens is 2. The van der Waals surface area contributed by atoms with E-state index < -0.39 is 0 Å². The number of nitrogens with zero attached hydrogens (tertiary/aromatic N) is 2. The van der Waals surface area contributed by atoms with Gasteiger partial charge in [0.05, 0.1) is 28.9 Å². The number of nitrogens with one attached hydrogen (secondary N) is 1. The number of benzene rings is 1. The van der Waals surface area contributed by atoms with Crippen molar-refractivity contribution in [2.45, 2.75) is 12.5 Å². The number of aromatic nitrogens is 2. The molecule has 0 spiro atoms. The van der Waals surface area contributed by atoms with E-state index in [0.717, 1.165) is 17.7 Å². The van der Waals surface area contributed by atoms with Crippen molar-refractivity contribution in [1.29, 1.82) is 0 Å². The van der Waals surface area contributed by atoms with Crippen LogP contribution in [0.5, 0.6) is 5.88 Å². The Kier molecular flexibility index (Phi) is 5.17. The first-order valence-corrected chi connectivity index (χ1v) is 6.88. The topological polar surface area (TPSA) is 47.0 Å². The maximum absolute atomic E-state index is 6.03. The molecule has 6 heteroatoms. The minimum atomic E-state index is 0.0469. The standard InChI is InChI=1S/C14H15Cl2N3O/c1-17-13(12-5-6-14(20-2)19-18-12)8-9-3-4-10(15)11(16)7-9/h3-7,13,17H,8H2,1-2H3. The van der Waals surface area contributed by atoms with Crippen molar-refractivity contribution in [3.63, 3.8) is 0 Å². The lowest BCUT2D eigenvalue weighted by atomic mass is 10.0. The summed E-state index contributed by atoms with van der Waals surface area (Å²) < 4.78 is 5.00. The smallest absolute Gasteiger partial charge is 0.233 e. The van der Waals surface area contributed by atoms with Crippen molar-refractivity contribution in [3.8, 4) is 5.88 Å².